The van der Waals surface area contributed by atoms with Gasteiger partial charge in [0.05, 0.1) is 5.02 Å². The molecule has 3 rings (SSSR count). The van der Waals surface area contributed by atoms with Crippen LogP contribution in [0.2, 0.25) is 5.02 Å². The quantitative estimate of drug-likeness (QED) is 0.663. The van der Waals surface area contributed by atoms with Gasteiger partial charge in [0.2, 0.25) is 0 Å². The molecule has 0 aliphatic rings. The van der Waals surface area contributed by atoms with Crippen molar-refractivity contribution in [2.24, 2.45) is 0 Å². The van der Waals surface area contributed by atoms with Crippen molar-refractivity contribution in [3.8, 4) is 33.8 Å². The summed E-state index contributed by atoms with van der Waals surface area (Å²) in [5.41, 5.74) is -0.274. The fraction of sp³-hybridized carbons (Fsp3) is 0. The van der Waals surface area contributed by atoms with Gasteiger partial charge in [-0.15, -0.1) is 0 Å². The zero-order chi connectivity index (χ0) is 16.6. The van der Waals surface area contributed by atoms with Crippen LogP contribution in [-0.2, 0) is 0 Å². The maximum Gasteiger partial charge on any atom is 0.132 e. The van der Waals surface area contributed by atoms with Crippen molar-refractivity contribution < 1.29 is 19.0 Å². The molecular formula is C18H11ClF2O2. The molecule has 0 radical (unpaired) electrons. The summed E-state index contributed by atoms with van der Waals surface area (Å²) in [6, 6.07) is 12.2. The number of hydrogen-bond donors (Lipinski definition) is 2. The second kappa shape index (κ2) is 5.89. The number of phenols is 2. The summed E-state index contributed by atoms with van der Waals surface area (Å²) in [5, 5.41) is 20.1. The van der Waals surface area contributed by atoms with E-state index in [0.29, 0.717) is 0 Å². The van der Waals surface area contributed by atoms with Gasteiger partial charge in [0.25, 0.3) is 0 Å². The Balaban J connectivity index is 2.43. The molecule has 0 heterocycles. The van der Waals surface area contributed by atoms with E-state index in [-0.39, 0.29) is 38.8 Å². The van der Waals surface area contributed by atoms with E-state index in [4.69, 9.17) is 11.6 Å². The van der Waals surface area contributed by atoms with Gasteiger partial charge in [-0.25, -0.2) is 8.78 Å². The van der Waals surface area contributed by atoms with Gasteiger partial charge in [-0.05, 0) is 30.3 Å². The molecule has 0 aromatic heterocycles. The van der Waals surface area contributed by atoms with Crippen molar-refractivity contribution in [3.05, 3.63) is 71.3 Å². The lowest BCUT2D eigenvalue weighted by Gasteiger charge is -2.15. The number of hydrogen-bond acceptors (Lipinski definition) is 2. The molecule has 0 fully saturated rings. The van der Waals surface area contributed by atoms with E-state index in [2.05, 4.69) is 0 Å². The summed E-state index contributed by atoms with van der Waals surface area (Å²) in [6.07, 6.45) is 0. The molecule has 0 saturated heterocycles. The third-order valence-corrected chi connectivity index (χ3v) is 3.83. The third-order valence-electron chi connectivity index (χ3n) is 3.52. The van der Waals surface area contributed by atoms with Crippen LogP contribution >= 0.6 is 11.6 Å². The van der Waals surface area contributed by atoms with Crippen molar-refractivity contribution in [1.82, 2.24) is 0 Å². The highest BCUT2D eigenvalue weighted by Gasteiger charge is 2.23. The van der Waals surface area contributed by atoms with E-state index >= 15 is 0 Å². The van der Waals surface area contributed by atoms with Crippen molar-refractivity contribution in [3.63, 3.8) is 0 Å². The van der Waals surface area contributed by atoms with E-state index in [1.165, 1.54) is 30.3 Å². The summed E-state index contributed by atoms with van der Waals surface area (Å²) >= 11 is 6.08. The van der Waals surface area contributed by atoms with Gasteiger partial charge in [-0.2, -0.15) is 0 Å². The van der Waals surface area contributed by atoms with Gasteiger partial charge >= 0.3 is 0 Å². The molecule has 2 nitrogen and oxygen atoms in total. The first kappa shape index (κ1) is 15.3. The van der Waals surface area contributed by atoms with Crippen LogP contribution in [0.15, 0.2) is 54.6 Å². The Kier molecular flexibility index (Phi) is 3.92. The summed E-state index contributed by atoms with van der Waals surface area (Å²) in [5.74, 6) is -1.97. The molecule has 5 heteroatoms. The lowest BCUT2D eigenvalue weighted by molar-refractivity contribution is 0.475. The van der Waals surface area contributed by atoms with Crippen molar-refractivity contribution in [2.75, 3.05) is 0 Å². The van der Waals surface area contributed by atoms with Crippen LogP contribution < -0.4 is 0 Å². The first-order valence-electron chi connectivity index (χ1n) is 6.75. The van der Waals surface area contributed by atoms with E-state index in [1.807, 2.05) is 0 Å². The summed E-state index contributed by atoms with van der Waals surface area (Å²) in [4.78, 5) is 0. The molecule has 3 aromatic rings. The van der Waals surface area contributed by atoms with Crippen LogP contribution in [-0.4, -0.2) is 10.2 Å². The standard InChI is InChI=1S/C18H11ClF2O2/c19-11-5-3-7-15(23)17(11)18-13(21)9-8-12(20)16(18)10-4-1-2-6-14(10)22/h1-9,22-23H. The van der Waals surface area contributed by atoms with Gasteiger partial charge in [0.15, 0.2) is 0 Å². The Bertz CT molecular complexity index is 874. The molecule has 2 N–H and O–H groups in total. The molecule has 0 aliphatic heterocycles. The third kappa shape index (κ3) is 2.62. The van der Waals surface area contributed by atoms with Crippen molar-refractivity contribution in [1.29, 1.82) is 0 Å². The van der Waals surface area contributed by atoms with E-state index in [9.17, 15) is 19.0 Å². The Morgan fingerprint density at radius 3 is 1.91 bits per heavy atom. The normalized spacial score (nSPS) is 10.7. The van der Waals surface area contributed by atoms with Gasteiger partial charge in [-0.1, -0.05) is 35.9 Å². The number of rotatable bonds is 2. The lowest BCUT2D eigenvalue weighted by Crippen LogP contribution is -1.95. The predicted molar refractivity (Wildman–Crippen MR) is 85.6 cm³/mol. The minimum absolute atomic E-state index is 0.0237. The number of benzene rings is 3. The Labute approximate surface area is 136 Å². The molecule has 0 saturated carbocycles. The summed E-state index contributed by atoms with van der Waals surface area (Å²) < 4.78 is 28.9. The largest absolute Gasteiger partial charge is 0.507 e. The Hall–Kier alpha value is -2.59. The second-order valence-electron chi connectivity index (χ2n) is 4.93. The molecule has 3 aromatic carbocycles. The molecular weight excluding hydrogens is 322 g/mol. The fourth-order valence-corrected chi connectivity index (χ4v) is 2.77. The predicted octanol–water partition coefficient (Wildman–Crippen LogP) is 5.36. The molecule has 0 spiro atoms. The average Bonchev–Trinajstić information content (AvgIpc) is 2.51. The highest BCUT2D eigenvalue weighted by atomic mass is 35.5. The monoisotopic (exact) mass is 332 g/mol. The highest BCUT2D eigenvalue weighted by Crippen LogP contribution is 2.45. The van der Waals surface area contributed by atoms with E-state index in [1.54, 1.807) is 12.1 Å². The van der Waals surface area contributed by atoms with Gasteiger partial charge in [-0.3, -0.25) is 0 Å². The number of phenolic OH excluding ortho intramolecular Hbond substituents is 2. The molecule has 0 atom stereocenters. The Morgan fingerprint density at radius 1 is 0.652 bits per heavy atom. The topological polar surface area (TPSA) is 40.5 Å². The molecule has 0 amide bonds. The maximum atomic E-state index is 14.5. The van der Waals surface area contributed by atoms with Crippen LogP contribution in [0, 0.1) is 11.6 Å². The van der Waals surface area contributed by atoms with Crippen LogP contribution in [0.5, 0.6) is 11.5 Å². The smallest absolute Gasteiger partial charge is 0.132 e. The molecule has 0 bridgehead atoms. The van der Waals surface area contributed by atoms with Crippen LogP contribution in [0.1, 0.15) is 0 Å². The van der Waals surface area contributed by atoms with Crippen molar-refractivity contribution >= 4 is 11.6 Å². The van der Waals surface area contributed by atoms with E-state index in [0.717, 1.165) is 12.1 Å². The number of aromatic hydroxyl groups is 2. The number of halogens is 3. The van der Waals surface area contributed by atoms with E-state index < -0.39 is 11.6 Å². The minimum Gasteiger partial charge on any atom is -0.507 e. The van der Waals surface area contributed by atoms with Crippen molar-refractivity contribution in [2.45, 2.75) is 0 Å². The van der Waals surface area contributed by atoms with Crippen LogP contribution in [0.4, 0.5) is 8.78 Å². The SMILES string of the molecule is Oc1ccccc1-c1c(F)ccc(F)c1-c1c(O)cccc1Cl. The molecule has 23 heavy (non-hydrogen) atoms. The first-order chi connectivity index (χ1) is 11.0. The zero-order valence-electron chi connectivity index (χ0n) is 11.7. The Morgan fingerprint density at radius 2 is 1.26 bits per heavy atom. The molecule has 0 unspecified atom stereocenters. The average molecular weight is 333 g/mol. The highest BCUT2D eigenvalue weighted by molar-refractivity contribution is 6.34. The maximum absolute atomic E-state index is 14.5. The molecule has 0 aliphatic carbocycles. The first-order valence-corrected chi connectivity index (χ1v) is 7.12. The van der Waals surface area contributed by atoms with Gasteiger partial charge in [0.1, 0.15) is 23.1 Å². The lowest BCUT2D eigenvalue weighted by atomic mass is 9.92. The van der Waals surface area contributed by atoms with Crippen LogP contribution in [0.25, 0.3) is 22.3 Å². The molecule has 116 valence electrons. The zero-order valence-corrected chi connectivity index (χ0v) is 12.5. The second-order valence-corrected chi connectivity index (χ2v) is 5.34. The number of para-hydroxylation sites is 1. The summed E-state index contributed by atoms with van der Waals surface area (Å²) in [7, 11) is 0. The van der Waals surface area contributed by atoms with Crippen LogP contribution in [0.3, 0.4) is 0 Å². The van der Waals surface area contributed by atoms with Gasteiger partial charge in [0, 0.05) is 22.3 Å². The van der Waals surface area contributed by atoms with Gasteiger partial charge < -0.3 is 10.2 Å². The fourth-order valence-electron chi connectivity index (χ4n) is 2.50. The minimum atomic E-state index is -0.756. The summed E-state index contributed by atoms with van der Waals surface area (Å²) in [6.45, 7) is 0.